The van der Waals surface area contributed by atoms with Crippen LogP contribution in [0.3, 0.4) is 0 Å². The fourth-order valence-electron chi connectivity index (χ4n) is 3.20. The van der Waals surface area contributed by atoms with E-state index in [0.29, 0.717) is 4.83 Å². The highest BCUT2D eigenvalue weighted by Gasteiger charge is 2.30. The summed E-state index contributed by atoms with van der Waals surface area (Å²) in [6, 6.07) is 2.23. The zero-order valence-electron chi connectivity index (χ0n) is 12.0. The van der Waals surface area contributed by atoms with Crippen LogP contribution in [0.15, 0.2) is 6.07 Å². The quantitative estimate of drug-likeness (QED) is 0.768. The Morgan fingerprint density at radius 1 is 1.44 bits per heavy atom. The lowest BCUT2D eigenvalue weighted by Gasteiger charge is -2.35. The van der Waals surface area contributed by atoms with Crippen LogP contribution in [0.25, 0.3) is 0 Å². The molecule has 1 heterocycles. The van der Waals surface area contributed by atoms with Gasteiger partial charge in [-0.3, -0.25) is 4.68 Å². The maximum Gasteiger partial charge on any atom is 0.0596 e. The van der Waals surface area contributed by atoms with E-state index in [1.54, 1.807) is 0 Å². The Bertz CT molecular complexity index is 397. The Hall–Kier alpha value is -0.310. The van der Waals surface area contributed by atoms with Gasteiger partial charge in [0.05, 0.1) is 5.69 Å². The van der Waals surface area contributed by atoms with Crippen LogP contribution < -0.4 is 0 Å². The molecule has 1 aliphatic rings. The Morgan fingerprint density at radius 3 is 2.72 bits per heavy atom. The fourth-order valence-corrected chi connectivity index (χ4v) is 3.87. The van der Waals surface area contributed by atoms with E-state index < -0.39 is 0 Å². The number of aryl methyl sites for hydroxylation is 2. The van der Waals surface area contributed by atoms with Crippen LogP contribution in [0.2, 0.25) is 0 Å². The smallest absolute Gasteiger partial charge is 0.0596 e. The van der Waals surface area contributed by atoms with Crippen molar-refractivity contribution in [1.82, 2.24) is 9.78 Å². The fraction of sp³-hybridized carbons (Fsp3) is 0.800. The van der Waals surface area contributed by atoms with Crippen LogP contribution in [0, 0.1) is 24.7 Å². The van der Waals surface area contributed by atoms with Gasteiger partial charge in [-0.05, 0) is 56.4 Å². The summed E-state index contributed by atoms with van der Waals surface area (Å²) in [7, 11) is 2.06. The number of alkyl halides is 1. The summed E-state index contributed by atoms with van der Waals surface area (Å²) in [6.45, 7) is 6.81. The van der Waals surface area contributed by atoms with E-state index in [0.717, 1.165) is 29.9 Å². The summed E-state index contributed by atoms with van der Waals surface area (Å²) in [5, 5.41) is 4.46. The van der Waals surface area contributed by atoms with Crippen molar-refractivity contribution < 1.29 is 0 Å². The lowest BCUT2D eigenvalue weighted by atomic mass is 9.74. The monoisotopic (exact) mass is 312 g/mol. The molecule has 0 N–H and O–H groups in total. The van der Waals surface area contributed by atoms with Crippen molar-refractivity contribution in [3.05, 3.63) is 17.5 Å². The summed E-state index contributed by atoms with van der Waals surface area (Å²) < 4.78 is 2.05. The number of aromatic nitrogens is 2. The van der Waals surface area contributed by atoms with E-state index in [9.17, 15) is 0 Å². The van der Waals surface area contributed by atoms with Crippen LogP contribution in [0.4, 0.5) is 0 Å². The third-order valence-corrected chi connectivity index (χ3v) is 5.65. The van der Waals surface area contributed by atoms with E-state index in [2.05, 4.69) is 54.9 Å². The Kier molecular flexibility index (Phi) is 4.52. The highest BCUT2D eigenvalue weighted by atomic mass is 79.9. The van der Waals surface area contributed by atoms with Gasteiger partial charge in [-0.1, -0.05) is 29.8 Å². The molecule has 0 aliphatic heterocycles. The molecule has 1 aliphatic carbocycles. The molecule has 18 heavy (non-hydrogen) atoms. The van der Waals surface area contributed by atoms with Crippen LogP contribution in [0.1, 0.15) is 44.5 Å². The summed E-state index contributed by atoms with van der Waals surface area (Å²) in [5.74, 6) is 2.49. The van der Waals surface area contributed by atoms with Gasteiger partial charge in [0.25, 0.3) is 0 Å². The summed E-state index contributed by atoms with van der Waals surface area (Å²) >= 11 is 3.89. The molecule has 3 heteroatoms. The van der Waals surface area contributed by atoms with Crippen molar-refractivity contribution in [1.29, 1.82) is 0 Å². The molecule has 0 aromatic carbocycles. The second-order valence-electron chi connectivity index (χ2n) is 6.20. The lowest BCUT2D eigenvalue weighted by molar-refractivity contribution is 0.221. The number of hydrogen-bond acceptors (Lipinski definition) is 1. The third-order valence-electron chi connectivity index (χ3n) is 4.44. The molecule has 1 aromatic rings. The molecule has 0 bridgehead atoms. The minimum absolute atomic E-state index is 0.683. The second kappa shape index (κ2) is 5.77. The minimum Gasteiger partial charge on any atom is -0.272 e. The molecule has 2 rings (SSSR count). The predicted molar refractivity (Wildman–Crippen MR) is 80.0 cm³/mol. The van der Waals surface area contributed by atoms with Crippen molar-refractivity contribution in [3.63, 3.8) is 0 Å². The summed E-state index contributed by atoms with van der Waals surface area (Å²) in [5.41, 5.74) is 2.51. The molecule has 3 unspecified atom stereocenters. The van der Waals surface area contributed by atoms with Gasteiger partial charge in [0.15, 0.2) is 0 Å². The maximum atomic E-state index is 4.46. The van der Waals surface area contributed by atoms with Gasteiger partial charge in [0.1, 0.15) is 0 Å². The van der Waals surface area contributed by atoms with Crippen LogP contribution >= 0.6 is 15.9 Å². The zero-order chi connectivity index (χ0) is 13.3. The largest absolute Gasteiger partial charge is 0.272 e. The number of halogens is 1. The van der Waals surface area contributed by atoms with Crippen molar-refractivity contribution in [3.8, 4) is 0 Å². The molecule has 1 saturated carbocycles. The molecule has 1 aromatic heterocycles. The normalized spacial score (nSPS) is 28.9. The molecule has 0 amide bonds. The van der Waals surface area contributed by atoms with Gasteiger partial charge in [-0.2, -0.15) is 5.10 Å². The SMILES string of the molecule is Cc1cc(CC2CC(C(C)C)CCC2Br)n(C)n1. The van der Waals surface area contributed by atoms with Crippen LogP contribution in [-0.2, 0) is 13.5 Å². The molecule has 1 fully saturated rings. The summed E-state index contributed by atoms with van der Waals surface area (Å²) in [4.78, 5) is 0.683. The van der Waals surface area contributed by atoms with Crippen molar-refractivity contribution in [2.45, 2.75) is 51.3 Å². The molecule has 0 saturated heterocycles. The van der Waals surface area contributed by atoms with Gasteiger partial charge < -0.3 is 0 Å². The average Bonchev–Trinajstić information content (AvgIpc) is 2.60. The minimum atomic E-state index is 0.683. The maximum absolute atomic E-state index is 4.46. The molecule has 0 radical (unpaired) electrons. The van der Waals surface area contributed by atoms with Gasteiger partial charge >= 0.3 is 0 Å². The number of rotatable bonds is 3. The summed E-state index contributed by atoms with van der Waals surface area (Å²) in [6.07, 6.45) is 5.23. The van der Waals surface area contributed by atoms with E-state index in [1.807, 2.05) is 4.68 Å². The number of nitrogens with zero attached hydrogens (tertiary/aromatic N) is 2. The average molecular weight is 313 g/mol. The Labute approximate surface area is 119 Å². The van der Waals surface area contributed by atoms with Crippen molar-refractivity contribution in [2.75, 3.05) is 0 Å². The Morgan fingerprint density at radius 2 is 2.17 bits per heavy atom. The zero-order valence-corrected chi connectivity index (χ0v) is 13.6. The second-order valence-corrected chi connectivity index (χ2v) is 7.37. The first-order chi connectivity index (χ1) is 8.47. The first-order valence-corrected chi connectivity index (χ1v) is 8.02. The molecule has 3 atom stereocenters. The lowest BCUT2D eigenvalue weighted by Crippen LogP contribution is -2.29. The Balaban J connectivity index is 2.04. The molecule has 0 spiro atoms. The van der Waals surface area contributed by atoms with Crippen LogP contribution in [0.5, 0.6) is 0 Å². The first-order valence-electron chi connectivity index (χ1n) is 7.11. The van der Waals surface area contributed by atoms with Crippen LogP contribution in [-0.4, -0.2) is 14.6 Å². The van der Waals surface area contributed by atoms with Crippen molar-refractivity contribution in [2.24, 2.45) is 24.8 Å². The standard InChI is InChI=1S/C15H25BrN2/c1-10(2)12-5-6-15(16)13(8-12)9-14-7-11(3)17-18(14)4/h7,10,12-13,15H,5-6,8-9H2,1-4H3. The first kappa shape index (κ1) is 14.1. The van der Waals surface area contributed by atoms with Gasteiger partial charge in [-0.15, -0.1) is 0 Å². The molecular formula is C15H25BrN2. The van der Waals surface area contributed by atoms with Gasteiger partial charge in [-0.25, -0.2) is 0 Å². The van der Waals surface area contributed by atoms with E-state index in [-0.39, 0.29) is 0 Å². The van der Waals surface area contributed by atoms with E-state index in [4.69, 9.17) is 0 Å². The van der Waals surface area contributed by atoms with E-state index >= 15 is 0 Å². The van der Waals surface area contributed by atoms with Gasteiger partial charge in [0.2, 0.25) is 0 Å². The van der Waals surface area contributed by atoms with E-state index in [1.165, 1.54) is 25.0 Å². The highest BCUT2D eigenvalue weighted by Crippen LogP contribution is 2.38. The molecular weight excluding hydrogens is 288 g/mol. The van der Waals surface area contributed by atoms with Gasteiger partial charge in [0, 0.05) is 17.6 Å². The van der Waals surface area contributed by atoms with Crippen molar-refractivity contribution >= 4 is 15.9 Å². The molecule has 2 nitrogen and oxygen atoms in total. The predicted octanol–water partition coefficient (Wildman–Crippen LogP) is 4.11. The number of hydrogen-bond donors (Lipinski definition) is 0. The topological polar surface area (TPSA) is 17.8 Å². The highest BCUT2D eigenvalue weighted by molar-refractivity contribution is 9.09. The molecule has 102 valence electrons. The third kappa shape index (κ3) is 3.17.